The quantitative estimate of drug-likeness (QED) is 0.249. The van der Waals surface area contributed by atoms with Crippen LogP contribution in [0.1, 0.15) is 22.5 Å². The highest BCUT2D eigenvalue weighted by Gasteiger charge is 2.13. The van der Waals surface area contributed by atoms with Gasteiger partial charge in [-0.1, -0.05) is 60.7 Å². The normalized spacial score (nSPS) is 12.1. The van der Waals surface area contributed by atoms with Gasteiger partial charge in [-0.2, -0.15) is 0 Å². The fourth-order valence-corrected chi connectivity index (χ4v) is 3.04. The first kappa shape index (κ1) is 19.8. The Bertz CT molecular complexity index is 1320. The van der Waals surface area contributed by atoms with Crippen molar-refractivity contribution in [3.63, 3.8) is 0 Å². The molecule has 7 nitrogen and oxygen atoms in total. The van der Waals surface area contributed by atoms with Gasteiger partial charge in [-0.25, -0.2) is 9.97 Å². The maximum absolute atomic E-state index is 11.1. The van der Waals surface area contributed by atoms with E-state index in [2.05, 4.69) is 9.97 Å². The number of non-ortho nitro benzene ring substituents is 1. The van der Waals surface area contributed by atoms with Gasteiger partial charge in [0.15, 0.2) is 0 Å². The molecule has 0 saturated heterocycles. The summed E-state index contributed by atoms with van der Waals surface area (Å²) in [5.41, 5.74) is 2.36. The van der Waals surface area contributed by atoms with E-state index in [9.17, 15) is 20.3 Å². The van der Waals surface area contributed by atoms with Crippen molar-refractivity contribution >= 4 is 40.4 Å². The molecule has 0 spiro atoms. The van der Waals surface area contributed by atoms with E-state index in [0.717, 1.165) is 0 Å². The monoisotopic (exact) mass is 411 g/mol. The number of aliphatic hydroxyl groups is 2. The minimum absolute atomic E-state index is 0.0231. The first-order valence-corrected chi connectivity index (χ1v) is 9.39. The number of nitrogens with zero attached hydrogens (tertiary/aromatic N) is 3. The van der Waals surface area contributed by atoms with Crippen molar-refractivity contribution in [2.24, 2.45) is 0 Å². The molecule has 3 aromatic carbocycles. The van der Waals surface area contributed by atoms with Crippen LogP contribution in [-0.4, -0.2) is 25.1 Å². The molecule has 0 saturated carbocycles. The molecule has 0 amide bonds. The average molecular weight is 411 g/mol. The van der Waals surface area contributed by atoms with Gasteiger partial charge in [0.05, 0.1) is 27.3 Å². The molecule has 0 aliphatic carbocycles. The van der Waals surface area contributed by atoms with E-state index in [0.29, 0.717) is 27.9 Å². The number of hydrogen-bond acceptors (Lipinski definition) is 6. The Balaban J connectivity index is 1.89. The summed E-state index contributed by atoms with van der Waals surface area (Å²) in [5, 5.41) is 32.3. The highest BCUT2D eigenvalue weighted by molar-refractivity contribution is 5.86. The SMILES string of the molecule is O=[N+]([O-])c1ccc2nc(C=C(O)c3ccccc3)c(C=C(O)c3ccccc3)nc2c1. The minimum Gasteiger partial charge on any atom is -0.507 e. The van der Waals surface area contributed by atoms with Crippen molar-refractivity contribution in [1.29, 1.82) is 0 Å². The Kier molecular flexibility index (Phi) is 5.40. The molecule has 0 unspecified atom stereocenters. The zero-order valence-corrected chi connectivity index (χ0v) is 16.2. The van der Waals surface area contributed by atoms with Crippen LogP contribution in [0.5, 0.6) is 0 Å². The summed E-state index contributed by atoms with van der Waals surface area (Å²) in [4.78, 5) is 19.6. The minimum atomic E-state index is -0.507. The lowest BCUT2D eigenvalue weighted by molar-refractivity contribution is -0.384. The Morgan fingerprint density at radius 2 is 1.23 bits per heavy atom. The summed E-state index contributed by atoms with van der Waals surface area (Å²) >= 11 is 0. The van der Waals surface area contributed by atoms with Crippen LogP contribution < -0.4 is 0 Å². The van der Waals surface area contributed by atoms with Crippen molar-refractivity contribution in [3.05, 3.63) is 111 Å². The summed E-state index contributed by atoms with van der Waals surface area (Å²) in [5.74, 6) is -0.0708. The van der Waals surface area contributed by atoms with Crippen molar-refractivity contribution in [1.82, 2.24) is 9.97 Å². The molecule has 31 heavy (non-hydrogen) atoms. The number of aliphatic hydroxyl groups excluding tert-OH is 2. The van der Waals surface area contributed by atoms with Gasteiger partial charge in [0.25, 0.3) is 5.69 Å². The molecule has 0 fully saturated rings. The van der Waals surface area contributed by atoms with Crippen molar-refractivity contribution in [2.45, 2.75) is 0 Å². The van der Waals surface area contributed by atoms with E-state index in [1.165, 1.54) is 30.4 Å². The van der Waals surface area contributed by atoms with Crippen molar-refractivity contribution < 1.29 is 15.1 Å². The molecule has 2 N–H and O–H groups in total. The average Bonchev–Trinajstić information content (AvgIpc) is 2.80. The lowest BCUT2D eigenvalue weighted by atomic mass is 10.1. The largest absolute Gasteiger partial charge is 0.507 e. The summed E-state index contributed by atoms with van der Waals surface area (Å²) in [6.07, 6.45) is 2.87. The predicted molar refractivity (Wildman–Crippen MR) is 120 cm³/mol. The summed E-state index contributed by atoms with van der Waals surface area (Å²) in [7, 11) is 0. The second kappa shape index (κ2) is 8.46. The van der Waals surface area contributed by atoms with Crippen molar-refractivity contribution in [2.75, 3.05) is 0 Å². The van der Waals surface area contributed by atoms with E-state index in [1.54, 1.807) is 48.5 Å². The molecule has 1 aromatic heterocycles. The molecule has 0 atom stereocenters. The topological polar surface area (TPSA) is 109 Å². The van der Waals surface area contributed by atoms with Crippen LogP contribution >= 0.6 is 0 Å². The number of benzene rings is 3. The highest BCUT2D eigenvalue weighted by Crippen LogP contribution is 2.24. The third-order valence-electron chi connectivity index (χ3n) is 4.60. The zero-order chi connectivity index (χ0) is 21.8. The van der Waals surface area contributed by atoms with Crippen LogP contribution in [-0.2, 0) is 0 Å². The van der Waals surface area contributed by atoms with E-state index < -0.39 is 4.92 Å². The number of hydrogen-bond donors (Lipinski definition) is 2. The molecular formula is C24H17N3O4. The molecule has 0 radical (unpaired) electrons. The molecule has 0 aliphatic heterocycles. The van der Waals surface area contributed by atoms with Crippen LogP contribution in [0.3, 0.4) is 0 Å². The van der Waals surface area contributed by atoms with Gasteiger partial charge in [-0.3, -0.25) is 10.1 Å². The van der Waals surface area contributed by atoms with Gasteiger partial charge in [0.1, 0.15) is 11.5 Å². The van der Waals surface area contributed by atoms with Crippen molar-refractivity contribution in [3.8, 4) is 0 Å². The molecule has 7 heteroatoms. The molecule has 4 aromatic rings. The Labute approximate surface area is 177 Å². The number of aromatic nitrogens is 2. The second-order valence-corrected chi connectivity index (χ2v) is 6.72. The number of rotatable bonds is 5. The summed E-state index contributed by atoms with van der Waals surface area (Å²) in [6, 6.07) is 22.0. The standard InChI is InChI=1S/C24H17N3O4/c28-23(16-7-3-1-4-8-16)14-21-22(15-24(29)17-9-5-2-6-10-17)26-20-13-18(27(30)31)11-12-19(20)25-21/h1-15,28-29H. The molecule has 1 heterocycles. The fourth-order valence-electron chi connectivity index (χ4n) is 3.04. The first-order valence-electron chi connectivity index (χ1n) is 9.39. The van der Waals surface area contributed by atoms with Gasteiger partial charge in [0.2, 0.25) is 0 Å². The Morgan fingerprint density at radius 3 is 1.71 bits per heavy atom. The maximum Gasteiger partial charge on any atom is 0.271 e. The van der Waals surface area contributed by atoms with Gasteiger partial charge in [0, 0.05) is 35.4 Å². The lowest BCUT2D eigenvalue weighted by Crippen LogP contribution is -1.97. The van der Waals surface area contributed by atoms with E-state index in [-0.39, 0.29) is 22.9 Å². The molecule has 152 valence electrons. The highest BCUT2D eigenvalue weighted by atomic mass is 16.6. The first-order chi connectivity index (χ1) is 15.0. The lowest BCUT2D eigenvalue weighted by Gasteiger charge is -2.07. The second-order valence-electron chi connectivity index (χ2n) is 6.72. The van der Waals surface area contributed by atoms with Crippen LogP contribution in [0.4, 0.5) is 5.69 Å². The number of nitro benzene ring substituents is 1. The summed E-state index contributed by atoms with van der Waals surface area (Å²) < 4.78 is 0. The predicted octanol–water partition coefficient (Wildman–Crippen LogP) is 5.65. The third-order valence-corrected chi connectivity index (χ3v) is 4.60. The summed E-state index contributed by atoms with van der Waals surface area (Å²) in [6.45, 7) is 0. The zero-order valence-electron chi connectivity index (χ0n) is 16.2. The van der Waals surface area contributed by atoms with E-state index in [4.69, 9.17) is 0 Å². The van der Waals surface area contributed by atoms with Crippen LogP contribution in [0.2, 0.25) is 0 Å². The molecular weight excluding hydrogens is 394 g/mol. The smallest absolute Gasteiger partial charge is 0.271 e. The number of nitro groups is 1. The van der Waals surface area contributed by atoms with Gasteiger partial charge in [-0.05, 0) is 6.07 Å². The van der Waals surface area contributed by atoms with Gasteiger partial charge < -0.3 is 10.2 Å². The van der Waals surface area contributed by atoms with Gasteiger partial charge in [-0.15, -0.1) is 0 Å². The maximum atomic E-state index is 11.1. The third kappa shape index (κ3) is 4.40. The fraction of sp³-hybridized carbons (Fsp3) is 0. The van der Waals surface area contributed by atoms with Crippen LogP contribution in [0, 0.1) is 10.1 Å². The van der Waals surface area contributed by atoms with E-state index >= 15 is 0 Å². The van der Waals surface area contributed by atoms with Crippen LogP contribution in [0.15, 0.2) is 78.9 Å². The molecule has 0 aliphatic rings. The Morgan fingerprint density at radius 1 is 0.742 bits per heavy atom. The molecule has 4 rings (SSSR count). The number of fused-ring (bicyclic) bond motifs is 1. The molecule has 0 bridgehead atoms. The van der Waals surface area contributed by atoms with E-state index in [1.807, 2.05) is 12.1 Å². The van der Waals surface area contributed by atoms with Crippen LogP contribution in [0.25, 0.3) is 34.7 Å². The van der Waals surface area contributed by atoms with Gasteiger partial charge >= 0.3 is 0 Å². The Hall–Kier alpha value is -4.52.